The van der Waals surface area contributed by atoms with Crippen LogP contribution in [0.3, 0.4) is 0 Å². The van der Waals surface area contributed by atoms with Gasteiger partial charge in [-0.25, -0.2) is 27.2 Å². The van der Waals surface area contributed by atoms with Gasteiger partial charge >= 0.3 is 0 Å². The van der Waals surface area contributed by atoms with Gasteiger partial charge in [0, 0.05) is 47.8 Å². The number of nitrogens with zero attached hydrogens (tertiary/aromatic N) is 4. The van der Waals surface area contributed by atoms with E-state index in [9.17, 15) is 8.42 Å². The molecule has 1 aromatic heterocycles. The molecule has 5 heterocycles. The van der Waals surface area contributed by atoms with Crippen LogP contribution >= 0.6 is 0 Å². The van der Waals surface area contributed by atoms with Crippen molar-refractivity contribution in [2.75, 3.05) is 61.1 Å². The molecule has 0 unspecified atom stereocenters. The van der Waals surface area contributed by atoms with E-state index in [1.54, 1.807) is 18.2 Å². The third-order valence-corrected chi connectivity index (χ3v) is 10.9. The SMILES string of the molecule is C[C@H]1Nc2ncnc3c(cc(N4CCS(=O)(=O)CC4)cc23)OCCCCCCN2CCC(CC2)C(F)(F)c2cccc1c2. The predicted octanol–water partition coefficient (Wildman–Crippen LogP) is 5.79. The number of piperidine rings is 1. The summed E-state index contributed by atoms with van der Waals surface area (Å²) in [5.41, 5.74) is 2.33. The van der Waals surface area contributed by atoms with Crippen LogP contribution in [-0.2, 0) is 15.8 Å². The van der Waals surface area contributed by atoms with E-state index in [0.717, 1.165) is 48.9 Å². The highest BCUT2D eigenvalue weighted by Gasteiger charge is 2.42. The monoisotopic (exact) mass is 613 g/mol. The van der Waals surface area contributed by atoms with E-state index in [1.165, 1.54) is 6.33 Å². The van der Waals surface area contributed by atoms with Crippen molar-refractivity contribution in [1.82, 2.24) is 14.9 Å². The molecule has 8 nitrogen and oxygen atoms in total. The van der Waals surface area contributed by atoms with Crippen molar-refractivity contribution in [1.29, 1.82) is 0 Å². The Hall–Kier alpha value is -3.05. The normalized spacial score (nSPS) is 26.3. The molecular weight excluding hydrogens is 572 g/mol. The molecule has 2 aromatic carbocycles. The number of anilines is 2. The van der Waals surface area contributed by atoms with E-state index >= 15 is 8.78 Å². The zero-order valence-corrected chi connectivity index (χ0v) is 25.6. The van der Waals surface area contributed by atoms with Crippen LogP contribution in [0.2, 0.25) is 0 Å². The second-order valence-electron chi connectivity index (χ2n) is 12.2. The van der Waals surface area contributed by atoms with Crippen LogP contribution in [0.1, 0.15) is 62.6 Å². The standard InChI is InChI=1S/C32H41F2N5O3S/c1-23-24-7-6-8-26(19-24)32(33,34)25-9-12-38(13-10-25)11-4-2-3-5-16-42-29-21-27(39-14-17-43(40,41)18-15-39)20-28-30(29)35-22-36-31(28)37-23/h6-8,19-23,25H,2-5,9-18H2,1H3,(H,35,36,37)/t23-/m1/s1. The first kappa shape index (κ1) is 30.0. The summed E-state index contributed by atoms with van der Waals surface area (Å²) in [5.74, 6) is -2.15. The molecule has 1 N–H and O–H groups in total. The van der Waals surface area contributed by atoms with E-state index in [1.807, 2.05) is 25.1 Å². The lowest BCUT2D eigenvalue weighted by Gasteiger charge is -2.36. The molecule has 43 heavy (non-hydrogen) atoms. The molecule has 0 radical (unpaired) electrons. The maximum absolute atomic E-state index is 15.8. The second-order valence-corrected chi connectivity index (χ2v) is 14.5. The molecule has 4 aliphatic heterocycles. The molecule has 3 aromatic rings. The first-order chi connectivity index (χ1) is 20.7. The maximum Gasteiger partial charge on any atom is 0.276 e. The number of sulfone groups is 1. The number of nitrogens with one attached hydrogen (secondary N) is 1. The number of hydrogen-bond acceptors (Lipinski definition) is 8. The van der Waals surface area contributed by atoms with Crippen LogP contribution in [0, 0.1) is 5.92 Å². The Morgan fingerprint density at radius 1 is 0.953 bits per heavy atom. The molecule has 7 rings (SSSR count). The Kier molecular flexibility index (Phi) is 8.73. The number of benzene rings is 2. The van der Waals surface area contributed by atoms with Crippen LogP contribution in [0.25, 0.3) is 10.9 Å². The van der Waals surface area contributed by atoms with Gasteiger partial charge in [0.2, 0.25) is 0 Å². The summed E-state index contributed by atoms with van der Waals surface area (Å²) in [6.45, 7) is 5.66. The maximum atomic E-state index is 15.8. The summed E-state index contributed by atoms with van der Waals surface area (Å²) in [4.78, 5) is 13.5. The highest BCUT2D eigenvalue weighted by molar-refractivity contribution is 7.91. The summed E-state index contributed by atoms with van der Waals surface area (Å²) in [6.07, 6.45) is 6.50. The van der Waals surface area contributed by atoms with Crippen LogP contribution in [-0.4, -0.2) is 74.1 Å². The average Bonchev–Trinajstić information content (AvgIpc) is 3.00. The molecule has 2 fully saturated rings. The van der Waals surface area contributed by atoms with Gasteiger partial charge in [0.05, 0.1) is 18.1 Å². The van der Waals surface area contributed by atoms with Crippen molar-refractivity contribution in [3.63, 3.8) is 0 Å². The Morgan fingerprint density at radius 3 is 2.51 bits per heavy atom. The molecule has 0 aliphatic carbocycles. The minimum Gasteiger partial charge on any atom is -0.491 e. The van der Waals surface area contributed by atoms with Gasteiger partial charge in [-0.3, -0.25) is 0 Å². The van der Waals surface area contributed by atoms with Gasteiger partial charge in [-0.05, 0) is 69.9 Å². The largest absolute Gasteiger partial charge is 0.491 e. The summed E-state index contributed by atoms with van der Waals surface area (Å²) >= 11 is 0. The Balaban J connectivity index is 1.35. The van der Waals surface area contributed by atoms with Crippen LogP contribution in [0.4, 0.5) is 20.3 Å². The minimum absolute atomic E-state index is 0.0635. The fraction of sp³-hybridized carbons (Fsp3) is 0.562. The number of alkyl halides is 2. The molecular formula is C32H41F2N5O3S. The molecule has 4 aliphatic rings. The van der Waals surface area contributed by atoms with Crippen LogP contribution < -0.4 is 15.0 Å². The quantitative estimate of drug-likeness (QED) is 0.369. The number of aromatic nitrogens is 2. The van der Waals surface area contributed by atoms with Gasteiger partial charge < -0.3 is 19.9 Å². The zero-order chi connectivity index (χ0) is 30.0. The Labute approximate surface area is 252 Å². The number of halogens is 2. The fourth-order valence-corrected chi connectivity index (χ4v) is 7.73. The first-order valence-electron chi connectivity index (χ1n) is 15.5. The van der Waals surface area contributed by atoms with Crippen molar-refractivity contribution in [3.05, 3.63) is 53.9 Å². The van der Waals surface area contributed by atoms with E-state index in [-0.39, 0.29) is 23.1 Å². The highest BCUT2D eigenvalue weighted by Crippen LogP contribution is 2.42. The average molecular weight is 614 g/mol. The zero-order valence-electron chi connectivity index (χ0n) is 24.8. The molecule has 8 bridgehead atoms. The molecule has 0 saturated carbocycles. The Morgan fingerprint density at radius 2 is 1.72 bits per heavy atom. The van der Waals surface area contributed by atoms with Crippen LogP contribution in [0.15, 0.2) is 42.7 Å². The lowest BCUT2D eigenvalue weighted by Crippen LogP contribution is -2.40. The van der Waals surface area contributed by atoms with Crippen molar-refractivity contribution in [3.8, 4) is 5.75 Å². The van der Waals surface area contributed by atoms with Crippen molar-refractivity contribution < 1.29 is 21.9 Å². The van der Waals surface area contributed by atoms with Gasteiger partial charge in [-0.15, -0.1) is 0 Å². The number of ether oxygens (including phenoxy) is 1. The third-order valence-electron chi connectivity index (χ3n) is 9.25. The molecule has 0 amide bonds. The third kappa shape index (κ3) is 6.72. The molecule has 11 heteroatoms. The van der Waals surface area contributed by atoms with Gasteiger partial charge in [0.15, 0.2) is 9.84 Å². The van der Waals surface area contributed by atoms with E-state index in [4.69, 9.17) is 4.74 Å². The highest BCUT2D eigenvalue weighted by atomic mass is 32.2. The topological polar surface area (TPSA) is 87.7 Å². The van der Waals surface area contributed by atoms with E-state index < -0.39 is 21.7 Å². The molecule has 1 atom stereocenters. The minimum atomic E-state index is -3.04. The fourth-order valence-electron chi connectivity index (χ4n) is 6.53. The predicted molar refractivity (Wildman–Crippen MR) is 166 cm³/mol. The number of rotatable bonds is 1. The van der Waals surface area contributed by atoms with E-state index in [0.29, 0.717) is 62.7 Å². The van der Waals surface area contributed by atoms with Crippen molar-refractivity contribution in [2.45, 2.75) is 57.4 Å². The molecule has 232 valence electrons. The van der Waals surface area contributed by atoms with E-state index in [2.05, 4.69) is 25.1 Å². The molecule has 2 saturated heterocycles. The summed E-state index contributed by atoms with van der Waals surface area (Å²) in [5, 5.41) is 4.19. The lowest BCUT2D eigenvalue weighted by atomic mass is 9.85. The van der Waals surface area contributed by atoms with Gasteiger partial charge in [-0.2, -0.15) is 0 Å². The summed E-state index contributed by atoms with van der Waals surface area (Å²) in [7, 11) is -3.04. The van der Waals surface area contributed by atoms with Gasteiger partial charge in [0.25, 0.3) is 5.92 Å². The first-order valence-corrected chi connectivity index (χ1v) is 17.4. The van der Waals surface area contributed by atoms with Crippen LogP contribution in [0.5, 0.6) is 5.75 Å². The Bertz CT molecular complexity index is 1530. The van der Waals surface area contributed by atoms with Gasteiger partial charge in [0.1, 0.15) is 23.4 Å². The second kappa shape index (κ2) is 12.5. The molecule has 0 spiro atoms. The number of hydrogen-bond donors (Lipinski definition) is 1. The summed E-state index contributed by atoms with van der Waals surface area (Å²) in [6, 6.07) is 10.4. The van der Waals surface area contributed by atoms with Gasteiger partial charge in [-0.1, -0.05) is 31.0 Å². The van der Waals surface area contributed by atoms with Crippen molar-refractivity contribution >= 4 is 32.2 Å². The number of fused-ring (bicyclic) bond motifs is 9. The van der Waals surface area contributed by atoms with Crippen molar-refractivity contribution in [2.24, 2.45) is 5.92 Å². The summed E-state index contributed by atoms with van der Waals surface area (Å²) < 4.78 is 62.1. The lowest BCUT2D eigenvalue weighted by molar-refractivity contribution is -0.0855. The smallest absolute Gasteiger partial charge is 0.276 e.